The van der Waals surface area contributed by atoms with Crippen molar-refractivity contribution in [3.63, 3.8) is 0 Å². The first-order valence-electron chi connectivity index (χ1n) is 9.63. The van der Waals surface area contributed by atoms with Gasteiger partial charge in [0.2, 0.25) is 5.91 Å². The maximum absolute atomic E-state index is 12.9. The van der Waals surface area contributed by atoms with Gasteiger partial charge in [-0.25, -0.2) is 4.79 Å². The van der Waals surface area contributed by atoms with E-state index in [4.69, 9.17) is 4.74 Å². The second-order valence-electron chi connectivity index (χ2n) is 7.53. The lowest BCUT2D eigenvalue weighted by atomic mass is 9.81. The predicted octanol–water partition coefficient (Wildman–Crippen LogP) is 4.41. The molecule has 1 aliphatic rings. The molecule has 0 aliphatic carbocycles. The first-order chi connectivity index (χ1) is 13.9. The molecule has 0 bridgehead atoms. The van der Waals surface area contributed by atoms with Gasteiger partial charge in [0.25, 0.3) is 0 Å². The molecule has 3 rings (SSSR count). The monoisotopic (exact) mass is 459 g/mol. The molecule has 1 unspecified atom stereocenters. The van der Waals surface area contributed by atoms with Crippen LogP contribution in [0.1, 0.15) is 25.3 Å². The van der Waals surface area contributed by atoms with Crippen LogP contribution in [0.5, 0.6) is 5.75 Å². The quantitative estimate of drug-likeness (QED) is 0.695. The van der Waals surface area contributed by atoms with Crippen molar-refractivity contribution >= 4 is 33.6 Å². The Morgan fingerprint density at radius 1 is 1.21 bits per heavy atom. The summed E-state index contributed by atoms with van der Waals surface area (Å²) in [6.45, 7) is 3.36. The average molecular weight is 460 g/mol. The summed E-state index contributed by atoms with van der Waals surface area (Å²) in [4.78, 5) is 27.4. The Hall–Kier alpha value is -2.54. The van der Waals surface area contributed by atoms with E-state index in [0.717, 1.165) is 28.6 Å². The molecule has 1 heterocycles. The van der Waals surface area contributed by atoms with Gasteiger partial charge >= 0.3 is 6.03 Å². The zero-order valence-electron chi connectivity index (χ0n) is 16.7. The Labute approximate surface area is 179 Å². The molecule has 2 aromatic rings. The number of methoxy groups -OCH3 is 1. The average Bonchev–Trinajstić information content (AvgIpc) is 2.73. The fourth-order valence-electron chi connectivity index (χ4n) is 3.53. The highest BCUT2D eigenvalue weighted by Crippen LogP contribution is 2.31. The molecule has 154 valence electrons. The van der Waals surface area contributed by atoms with Crippen molar-refractivity contribution in [2.75, 3.05) is 25.5 Å². The van der Waals surface area contributed by atoms with Crippen molar-refractivity contribution in [2.45, 2.75) is 26.3 Å². The van der Waals surface area contributed by atoms with Crippen molar-refractivity contribution in [3.05, 3.63) is 58.6 Å². The number of nitrogens with one attached hydrogen (secondary N) is 2. The van der Waals surface area contributed by atoms with Gasteiger partial charge in [-0.2, -0.15) is 0 Å². The van der Waals surface area contributed by atoms with E-state index in [-0.39, 0.29) is 11.9 Å². The maximum Gasteiger partial charge on any atom is 0.321 e. The summed E-state index contributed by atoms with van der Waals surface area (Å²) < 4.78 is 6.05. The summed E-state index contributed by atoms with van der Waals surface area (Å²) in [6, 6.07) is 14.9. The van der Waals surface area contributed by atoms with Crippen LogP contribution in [0.4, 0.5) is 10.5 Å². The summed E-state index contributed by atoms with van der Waals surface area (Å²) in [5.74, 6) is 0.717. The van der Waals surface area contributed by atoms with Crippen LogP contribution in [0.15, 0.2) is 53.0 Å². The standard InChI is InChI=1S/C22H26BrN3O3/c1-22(20(27)24-14-16-7-5-8-17(13-16)29-2)11-6-12-26(15-22)21(28)25-19-10-4-3-9-18(19)23/h3-5,7-10,13H,6,11-12,14-15H2,1-2H3,(H,24,27)(H,25,28). The molecule has 0 aromatic heterocycles. The van der Waals surface area contributed by atoms with Gasteiger partial charge in [-0.3, -0.25) is 4.79 Å². The summed E-state index contributed by atoms with van der Waals surface area (Å²) in [5.41, 5.74) is 1.07. The Morgan fingerprint density at radius 3 is 2.76 bits per heavy atom. The van der Waals surface area contributed by atoms with Crippen LogP contribution >= 0.6 is 15.9 Å². The lowest BCUT2D eigenvalue weighted by Gasteiger charge is -2.39. The van der Waals surface area contributed by atoms with E-state index in [2.05, 4.69) is 26.6 Å². The normalized spacial score (nSPS) is 18.8. The van der Waals surface area contributed by atoms with E-state index in [1.807, 2.05) is 55.5 Å². The van der Waals surface area contributed by atoms with Crippen molar-refractivity contribution in [1.29, 1.82) is 0 Å². The lowest BCUT2D eigenvalue weighted by molar-refractivity contribution is -0.132. The molecule has 0 radical (unpaired) electrons. The Morgan fingerprint density at radius 2 is 2.00 bits per heavy atom. The van der Waals surface area contributed by atoms with Gasteiger partial charge in [0.05, 0.1) is 18.2 Å². The highest BCUT2D eigenvalue weighted by molar-refractivity contribution is 9.10. The SMILES string of the molecule is COc1cccc(CNC(=O)C2(C)CCCN(C(=O)Nc3ccccc3Br)C2)c1. The molecular formula is C22H26BrN3O3. The fraction of sp³-hybridized carbons (Fsp3) is 0.364. The number of amides is 3. The number of para-hydroxylation sites is 1. The van der Waals surface area contributed by atoms with Crippen molar-refractivity contribution < 1.29 is 14.3 Å². The summed E-state index contributed by atoms with van der Waals surface area (Å²) in [6.07, 6.45) is 1.53. The van der Waals surface area contributed by atoms with E-state index in [9.17, 15) is 9.59 Å². The molecule has 1 fully saturated rings. The second kappa shape index (κ2) is 9.31. The van der Waals surface area contributed by atoms with Crippen LogP contribution in [0, 0.1) is 5.41 Å². The molecule has 1 atom stereocenters. The van der Waals surface area contributed by atoms with Gasteiger partial charge in [0.1, 0.15) is 5.75 Å². The molecule has 7 heteroatoms. The molecule has 29 heavy (non-hydrogen) atoms. The maximum atomic E-state index is 12.9. The van der Waals surface area contributed by atoms with Crippen LogP contribution in [0.25, 0.3) is 0 Å². The Balaban J connectivity index is 1.60. The third-order valence-corrected chi connectivity index (χ3v) is 5.93. The van der Waals surface area contributed by atoms with Crippen molar-refractivity contribution in [2.24, 2.45) is 5.41 Å². The topological polar surface area (TPSA) is 70.7 Å². The number of carbonyl (C=O) groups is 2. The number of nitrogens with zero attached hydrogens (tertiary/aromatic N) is 1. The second-order valence-corrected chi connectivity index (χ2v) is 8.38. The molecule has 2 N–H and O–H groups in total. The number of carbonyl (C=O) groups excluding carboxylic acids is 2. The van der Waals surface area contributed by atoms with Gasteiger partial charge in [0, 0.05) is 24.1 Å². The Bertz CT molecular complexity index is 889. The fourth-order valence-corrected chi connectivity index (χ4v) is 3.92. The minimum absolute atomic E-state index is 0.0429. The molecular weight excluding hydrogens is 434 g/mol. The molecule has 2 aromatic carbocycles. The molecule has 0 saturated carbocycles. The van der Waals surface area contributed by atoms with Crippen LogP contribution in [0.2, 0.25) is 0 Å². The van der Waals surface area contributed by atoms with Gasteiger partial charge in [-0.15, -0.1) is 0 Å². The van der Waals surface area contributed by atoms with Gasteiger partial charge in [0.15, 0.2) is 0 Å². The minimum Gasteiger partial charge on any atom is -0.497 e. The van der Waals surface area contributed by atoms with Gasteiger partial charge in [-0.05, 0) is 65.5 Å². The molecule has 3 amide bonds. The number of rotatable bonds is 5. The van der Waals surface area contributed by atoms with Crippen molar-refractivity contribution in [1.82, 2.24) is 10.2 Å². The molecule has 0 spiro atoms. The van der Waals surface area contributed by atoms with E-state index in [1.165, 1.54) is 0 Å². The number of piperidine rings is 1. The van der Waals surface area contributed by atoms with E-state index in [1.54, 1.807) is 12.0 Å². The van der Waals surface area contributed by atoms with E-state index < -0.39 is 5.41 Å². The van der Waals surface area contributed by atoms with Crippen LogP contribution in [-0.2, 0) is 11.3 Å². The number of likely N-dealkylation sites (tertiary alicyclic amines) is 1. The number of ether oxygens (including phenoxy) is 1. The van der Waals surface area contributed by atoms with E-state index in [0.29, 0.717) is 25.3 Å². The molecule has 6 nitrogen and oxygen atoms in total. The minimum atomic E-state index is -0.623. The summed E-state index contributed by atoms with van der Waals surface area (Å²) >= 11 is 3.44. The zero-order valence-corrected chi connectivity index (χ0v) is 18.3. The van der Waals surface area contributed by atoms with Crippen molar-refractivity contribution in [3.8, 4) is 5.75 Å². The van der Waals surface area contributed by atoms with Gasteiger partial charge < -0.3 is 20.3 Å². The first kappa shape index (κ1) is 21.2. The van der Waals surface area contributed by atoms with Crippen LogP contribution in [0.3, 0.4) is 0 Å². The number of anilines is 1. The van der Waals surface area contributed by atoms with Gasteiger partial charge in [-0.1, -0.05) is 24.3 Å². The molecule has 1 saturated heterocycles. The zero-order chi connectivity index (χ0) is 20.9. The highest BCUT2D eigenvalue weighted by atomic mass is 79.9. The third kappa shape index (κ3) is 5.29. The third-order valence-electron chi connectivity index (χ3n) is 5.23. The smallest absolute Gasteiger partial charge is 0.321 e. The summed E-state index contributed by atoms with van der Waals surface area (Å²) in [7, 11) is 1.62. The number of hydrogen-bond acceptors (Lipinski definition) is 3. The van der Waals surface area contributed by atoms with Crippen LogP contribution in [-0.4, -0.2) is 37.0 Å². The van der Waals surface area contributed by atoms with E-state index >= 15 is 0 Å². The lowest BCUT2D eigenvalue weighted by Crippen LogP contribution is -2.52. The van der Waals surface area contributed by atoms with Crippen LogP contribution < -0.4 is 15.4 Å². The first-order valence-corrected chi connectivity index (χ1v) is 10.4. The highest BCUT2D eigenvalue weighted by Gasteiger charge is 2.39. The number of hydrogen-bond donors (Lipinski definition) is 2. The Kier molecular flexibility index (Phi) is 6.79. The largest absolute Gasteiger partial charge is 0.497 e. The predicted molar refractivity (Wildman–Crippen MR) is 117 cm³/mol. The number of benzene rings is 2. The summed E-state index contributed by atoms with van der Waals surface area (Å²) in [5, 5.41) is 5.94. The number of halogens is 1. The molecule has 1 aliphatic heterocycles. The number of urea groups is 1.